The summed E-state index contributed by atoms with van der Waals surface area (Å²) in [6, 6.07) is 6.28. The molecule has 2 aromatic rings. The molecule has 2 aliphatic heterocycles. The van der Waals surface area contributed by atoms with E-state index in [9.17, 15) is 9.59 Å². The van der Waals surface area contributed by atoms with E-state index in [1.54, 1.807) is 0 Å². The summed E-state index contributed by atoms with van der Waals surface area (Å²) in [5, 5.41) is 4.26. The first-order valence-corrected chi connectivity index (χ1v) is 9.46. The van der Waals surface area contributed by atoms with Crippen LogP contribution in [0.25, 0.3) is 10.9 Å². The molecule has 1 aromatic carbocycles. The molecule has 0 unspecified atom stereocenters. The number of likely N-dealkylation sites (tertiary alicyclic amines) is 1. The van der Waals surface area contributed by atoms with Crippen molar-refractivity contribution in [1.82, 2.24) is 20.1 Å². The third-order valence-corrected chi connectivity index (χ3v) is 5.72. The zero-order chi connectivity index (χ0) is 18.3. The van der Waals surface area contributed by atoms with Crippen molar-refractivity contribution in [3.05, 3.63) is 35.0 Å². The molecule has 4 rings (SSSR count). The highest BCUT2D eigenvalue weighted by atomic mass is 16.2. The van der Waals surface area contributed by atoms with E-state index in [-0.39, 0.29) is 17.9 Å². The highest BCUT2D eigenvalue weighted by molar-refractivity contribution is 5.88. The van der Waals surface area contributed by atoms with Crippen LogP contribution in [-0.4, -0.2) is 52.9 Å². The predicted octanol–water partition coefficient (Wildman–Crippen LogP) is 2.41. The molecule has 1 aromatic heterocycles. The predicted molar refractivity (Wildman–Crippen MR) is 101 cm³/mol. The largest absolute Gasteiger partial charge is 0.358 e. The molecule has 6 heteroatoms. The first-order chi connectivity index (χ1) is 12.6. The van der Waals surface area contributed by atoms with Gasteiger partial charge in [0.05, 0.1) is 0 Å². The van der Waals surface area contributed by atoms with Crippen molar-refractivity contribution in [3.63, 3.8) is 0 Å². The van der Waals surface area contributed by atoms with Gasteiger partial charge in [0.25, 0.3) is 0 Å². The van der Waals surface area contributed by atoms with Gasteiger partial charge in [-0.2, -0.15) is 0 Å². The Hall–Kier alpha value is -2.50. The van der Waals surface area contributed by atoms with Crippen LogP contribution in [-0.2, 0) is 17.8 Å². The number of aryl methyl sites for hydroxylation is 1. The molecule has 6 nitrogen and oxygen atoms in total. The van der Waals surface area contributed by atoms with Crippen LogP contribution in [0.5, 0.6) is 0 Å². The molecule has 0 bridgehead atoms. The number of para-hydroxylation sites is 1. The van der Waals surface area contributed by atoms with Gasteiger partial charge >= 0.3 is 6.03 Å². The highest BCUT2D eigenvalue weighted by Gasteiger charge is 2.30. The summed E-state index contributed by atoms with van der Waals surface area (Å²) in [5.41, 5.74) is 4.90. The van der Waals surface area contributed by atoms with E-state index in [1.165, 1.54) is 27.7 Å². The van der Waals surface area contributed by atoms with E-state index in [0.717, 1.165) is 26.1 Å². The molecule has 1 atom stereocenters. The number of urea groups is 1. The summed E-state index contributed by atoms with van der Waals surface area (Å²) >= 11 is 0. The lowest BCUT2D eigenvalue weighted by Crippen LogP contribution is -2.44. The zero-order valence-corrected chi connectivity index (χ0v) is 15.5. The van der Waals surface area contributed by atoms with Crippen LogP contribution >= 0.6 is 0 Å². The van der Waals surface area contributed by atoms with E-state index in [0.29, 0.717) is 19.5 Å². The molecule has 3 amide bonds. The summed E-state index contributed by atoms with van der Waals surface area (Å²) in [6.07, 6.45) is 1.39. The van der Waals surface area contributed by atoms with Gasteiger partial charge in [-0.3, -0.25) is 4.79 Å². The standard InChI is InChI=1S/C20H26N4O2/c1-3-23-11-14(9-18(23)25)10-21-20(26)24-8-7-17-16(12-24)15-6-4-5-13(2)19(15)22-17/h4-6,14,22H,3,7-12H2,1-2H3,(H,21,26)/t14-/m0/s1. The molecule has 1 saturated heterocycles. The highest BCUT2D eigenvalue weighted by Crippen LogP contribution is 2.29. The topological polar surface area (TPSA) is 68.4 Å². The number of nitrogens with one attached hydrogen (secondary N) is 2. The molecular weight excluding hydrogens is 328 g/mol. The van der Waals surface area contributed by atoms with Crippen LogP contribution < -0.4 is 5.32 Å². The van der Waals surface area contributed by atoms with Crippen LogP contribution in [0, 0.1) is 12.8 Å². The van der Waals surface area contributed by atoms with Crippen molar-refractivity contribution in [2.45, 2.75) is 33.2 Å². The quantitative estimate of drug-likeness (QED) is 0.889. The molecule has 0 aliphatic carbocycles. The van der Waals surface area contributed by atoms with Gasteiger partial charge in [-0.25, -0.2) is 4.79 Å². The second kappa shape index (κ2) is 6.67. The lowest BCUT2D eigenvalue weighted by molar-refractivity contribution is -0.127. The monoisotopic (exact) mass is 354 g/mol. The SMILES string of the molecule is CCN1C[C@H](CNC(=O)N2CCc3[nH]c4c(C)cccc4c3C2)CC1=O. The zero-order valence-electron chi connectivity index (χ0n) is 15.5. The van der Waals surface area contributed by atoms with Crippen LogP contribution in [0.4, 0.5) is 4.79 Å². The molecule has 3 heterocycles. The minimum atomic E-state index is -0.0277. The molecule has 2 N–H and O–H groups in total. The molecule has 0 spiro atoms. The first kappa shape index (κ1) is 16.9. The smallest absolute Gasteiger partial charge is 0.317 e. The van der Waals surface area contributed by atoms with Gasteiger partial charge in [0.15, 0.2) is 0 Å². The minimum absolute atomic E-state index is 0.0277. The molecule has 0 radical (unpaired) electrons. The first-order valence-electron chi connectivity index (χ1n) is 9.46. The Morgan fingerprint density at radius 3 is 3.00 bits per heavy atom. The van der Waals surface area contributed by atoms with Crippen molar-refractivity contribution in [2.75, 3.05) is 26.2 Å². The second-order valence-corrected chi connectivity index (χ2v) is 7.44. The summed E-state index contributed by atoms with van der Waals surface area (Å²) in [4.78, 5) is 31.7. The Balaban J connectivity index is 1.41. The molecule has 0 saturated carbocycles. The van der Waals surface area contributed by atoms with Crippen molar-refractivity contribution >= 4 is 22.8 Å². The lowest BCUT2D eigenvalue weighted by atomic mass is 10.0. The number of amides is 3. The van der Waals surface area contributed by atoms with Gasteiger partial charge in [-0.05, 0) is 19.4 Å². The second-order valence-electron chi connectivity index (χ2n) is 7.44. The normalized spacial score (nSPS) is 19.9. The van der Waals surface area contributed by atoms with Crippen molar-refractivity contribution in [2.24, 2.45) is 5.92 Å². The Morgan fingerprint density at radius 2 is 2.23 bits per heavy atom. The number of carbonyl (C=O) groups is 2. The fraction of sp³-hybridized carbons (Fsp3) is 0.500. The number of hydrogen-bond acceptors (Lipinski definition) is 2. The Bertz CT molecular complexity index is 857. The van der Waals surface area contributed by atoms with E-state index < -0.39 is 0 Å². The number of H-pyrrole nitrogens is 1. The summed E-state index contributed by atoms with van der Waals surface area (Å²) < 4.78 is 0. The van der Waals surface area contributed by atoms with Gasteiger partial charge in [-0.15, -0.1) is 0 Å². The van der Waals surface area contributed by atoms with Crippen molar-refractivity contribution in [3.8, 4) is 0 Å². The third kappa shape index (κ3) is 2.93. The Labute approximate surface area is 153 Å². The van der Waals surface area contributed by atoms with Gasteiger partial charge in [0.1, 0.15) is 0 Å². The average molecular weight is 354 g/mol. The van der Waals surface area contributed by atoms with Gasteiger partial charge in [0, 0.05) is 73.6 Å². The number of aromatic amines is 1. The molecule has 26 heavy (non-hydrogen) atoms. The van der Waals surface area contributed by atoms with Gasteiger partial charge < -0.3 is 20.1 Å². The van der Waals surface area contributed by atoms with E-state index in [4.69, 9.17) is 0 Å². The van der Waals surface area contributed by atoms with Crippen LogP contribution in [0.3, 0.4) is 0 Å². The maximum absolute atomic E-state index is 12.6. The van der Waals surface area contributed by atoms with Crippen LogP contribution in [0.2, 0.25) is 0 Å². The fourth-order valence-corrected chi connectivity index (χ4v) is 4.20. The number of carbonyl (C=O) groups excluding carboxylic acids is 2. The number of hydrogen-bond donors (Lipinski definition) is 2. The van der Waals surface area contributed by atoms with Crippen molar-refractivity contribution in [1.29, 1.82) is 0 Å². The fourth-order valence-electron chi connectivity index (χ4n) is 4.20. The molecular formula is C20H26N4O2. The number of nitrogens with zero attached hydrogens (tertiary/aromatic N) is 2. The third-order valence-electron chi connectivity index (χ3n) is 5.72. The number of rotatable bonds is 3. The number of benzene rings is 1. The van der Waals surface area contributed by atoms with Crippen LogP contribution in [0.1, 0.15) is 30.2 Å². The number of fused-ring (bicyclic) bond motifs is 3. The average Bonchev–Trinajstić information content (AvgIpc) is 3.20. The summed E-state index contributed by atoms with van der Waals surface area (Å²) in [7, 11) is 0. The molecule has 138 valence electrons. The minimum Gasteiger partial charge on any atom is -0.358 e. The Morgan fingerprint density at radius 1 is 1.38 bits per heavy atom. The maximum atomic E-state index is 12.6. The van der Waals surface area contributed by atoms with E-state index in [2.05, 4.69) is 35.4 Å². The van der Waals surface area contributed by atoms with Crippen molar-refractivity contribution < 1.29 is 9.59 Å². The number of aromatic nitrogens is 1. The van der Waals surface area contributed by atoms with E-state index in [1.807, 2.05) is 16.7 Å². The molecule has 2 aliphatic rings. The summed E-state index contributed by atoms with van der Waals surface area (Å²) in [6.45, 7) is 7.52. The Kier molecular flexibility index (Phi) is 4.34. The van der Waals surface area contributed by atoms with Gasteiger partial charge in [0.2, 0.25) is 5.91 Å². The lowest BCUT2D eigenvalue weighted by Gasteiger charge is -2.28. The van der Waals surface area contributed by atoms with Crippen LogP contribution in [0.15, 0.2) is 18.2 Å². The van der Waals surface area contributed by atoms with Gasteiger partial charge in [-0.1, -0.05) is 18.2 Å². The molecule has 1 fully saturated rings. The summed E-state index contributed by atoms with van der Waals surface area (Å²) in [5.74, 6) is 0.422. The maximum Gasteiger partial charge on any atom is 0.317 e. The van der Waals surface area contributed by atoms with E-state index >= 15 is 0 Å².